The molecule has 2 atom stereocenters. The standard InChI is InChI=1S/C25H34N6/c1-6-7-10-24-22(16-30-31-24)14-21(15-28-5)20(12-13-27-4)9-8-11-23-19(2)25(3,17-26)18-29-23/h8-9,11-15,18,24,27,30-31H,5-7,10,16H2,1-4H3/b11-8+,13-12-,20-9+,21-15+,22-14+. The van der Waals surface area contributed by atoms with Crippen molar-refractivity contribution in [3.05, 3.63) is 70.8 Å². The Hall–Kier alpha value is -3.01. The van der Waals surface area contributed by atoms with Crippen LogP contribution in [0.1, 0.15) is 40.0 Å². The molecule has 2 heterocycles. The molecule has 6 heteroatoms. The van der Waals surface area contributed by atoms with Crippen LogP contribution in [0.2, 0.25) is 0 Å². The molecule has 2 aliphatic heterocycles. The molecule has 0 spiro atoms. The van der Waals surface area contributed by atoms with Crippen LogP contribution in [0.4, 0.5) is 0 Å². The highest BCUT2D eigenvalue weighted by atomic mass is 15.4. The van der Waals surface area contributed by atoms with Gasteiger partial charge in [-0.05, 0) is 62.1 Å². The lowest BCUT2D eigenvalue weighted by Crippen LogP contribution is -2.30. The van der Waals surface area contributed by atoms with Gasteiger partial charge in [-0.1, -0.05) is 38.0 Å². The van der Waals surface area contributed by atoms with Gasteiger partial charge in [0.05, 0.1) is 11.8 Å². The fourth-order valence-electron chi connectivity index (χ4n) is 3.41. The molecule has 0 aromatic rings. The van der Waals surface area contributed by atoms with Gasteiger partial charge in [-0.3, -0.25) is 20.8 Å². The summed E-state index contributed by atoms with van der Waals surface area (Å²) >= 11 is 0. The average molecular weight is 419 g/mol. The molecule has 2 unspecified atom stereocenters. The lowest BCUT2D eigenvalue weighted by molar-refractivity contribution is 0.527. The SMILES string of the molecule is C=N/C=C(\C=C1/CNNC1CCCC)C(/C=C\NC)=C/C=C/C1=C(C)C(C)(C#N)C=N1. The summed E-state index contributed by atoms with van der Waals surface area (Å²) in [5, 5.41) is 12.4. The zero-order chi connectivity index (χ0) is 22.7. The van der Waals surface area contributed by atoms with E-state index in [1.807, 2.05) is 51.4 Å². The lowest BCUT2D eigenvalue weighted by atomic mass is 9.87. The molecule has 0 saturated carbocycles. The van der Waals surface area contributed by atoms with Gasteiger partial charge in [0, 0.05) is 37.6 Å². The van der Waals surface area contributed by atoms with Crippen LogP contribution in [0.5, 0.6) is 0 Å². The number of unbranched alkanes of at least 4 members (excludes halogenated alkanes) is 1. The third-order valence-corrected chi connectivity index (χ3v) is 5.58. The summed E-state index contributed by atoms with van der Waals surface area (Å²) in [6.07, 6.45) is 19.0. The molecule has 164 valence electrons. The monoisotopic (exact) mass is 418 g/mol. The van der Waals surface area contributed by atoms with E-state index in [1.165, 1.54) is 18.4 Å². The van der Waals surface area contributed by atoms with E-state index in [9.17, 15) is 5.26 Å². The van der Waals surface area contributed by atoms with Crippen molar-refractivity contribution in [2.24, 2.45) is 15.4 Å². The molecule has 0 aromatic carbocycles. The number of allylic oxidation sites excluding steroid dienone is 8. The highest BCUT2D eigenvalue weighted by Crippen LogP contribution is 2.32. The van der Waals surface area contributed by atoms with Gasteiger partial charge >= 0.3 is 0 Å². The summed E-state index contributed by atoms with van der Waals surface area (Å²) < 4.78 is 0. The van der Waals surface area contributed by atoms with Crippen LogP contribution in [0, 0.1) is 16.7 Å². The van der Waals surface area contributed by atoms with Crippen LogP contribution >= 0.6 is 0 Å². The molecule has 2 aliphatic rings. The quantitative estimate of drug-likeness (QED) is 0.365. The van der Waals surface area contributed by atoms with E-state index < -0.39 is 5.41 Å². The van der Waals surface area contributed by atoms with Crippen molar-refractivity contribution in [3.63, 3.8) is 0 Å². The summed E-state index contributed by atoms with van der Waals surface area (Å²) in [6, 6.07) is 2.64. The summed E-state index contributed by atoms with van der Waals surface area (Å²) in [7, 11) is 1.87. The van der Waals surface area contributed by atoms with Crippen molar-refractivity contribution in [2.75, 3.05) is 13.6 Å². The number of rotatable bonds is 10. The zero-order valence-corrected chi connectivity index (χ0v) is 19.1. The van der Waals surface area contributed by atoms with Crippen molar-refractivity contribution in [1.82, 2.24) is 16.2 Å². The van der Waals surface area contributed by atoms with Crippen LogP contribution in [0.15, 0.2) is 80.8 Å². The van der Waals surface area contributed by atoms with Crippen molar-refractivity contribution in [3.8, 4) is 6.07 Å². The Morgan fingerprint density at radius 1 is 1.48 bits per heavy atom. The minimum absolute atomic E-state index is 0.322. The third-order valence-electron chi connectivity index (χ3n) is 5.58. The highest BCUT2D eigenvalue weighted by molar-refractivity contribution is 5.79. The smallest absolute Gasteiger partial charge is 0.113 e. The average Bonchev–Trinajstić information content (AvgIpc) is 3.33. The van der Waals surface area contributed by atoms with Gasteiger partial charge in [-0.15, -0.1) is 0 Å². The van der Waals surface area contributed by atoms with E-state index in [0.29, 0.717) is 6.04 Å². The molecular formula is C25H34N6. The predicted octanol–water partition coefficient (Wildman–Crippen LogP) is 4.27. The van der Waals surface area contributed by atoms with E-state index in [-0.39, 0.29) is 0 Å². The first kappa shape index (κ1) is 24.3. The second kappa shape index (κ2) is 12.0. The molecule has 2 rings (SSSR count). The molecule has 1 saturated heterocycles. The minimum atomic E-state index is -0.629. The fraction of sp³-hybridized carbons (Fsp3) is 0.400. The highest BCUT2D eigenvalue weighted by Gasteiger charge is 2.30. The molecule has 6 nitrogen and oxygen atoms in total. The van der Waals surface area contributed by atoms with Gasteiger partial charge in [0.1, 0.15) is 5.41 Å². The number of hydrogen-bond donors (Lipinski definition) is 3. The molecule has 1 fully saturated rings. The topological polar surface area (TPSA) is 84.6 Å². The second-order valence-corrected chi connectivity index (χ2v) is 7.86. The Kier molecular flexibility index (Phi) is 9.39. The first-order valence-electron chi connectivity index (χ1n) is 10.7. The van der Waals surface area contributed by atoms with Crippen molar-refractivity contribution >= 4 is 12.9 Å². The summed E-state index contributed by atoms with van der Waals surface area (Å²) in [5.41, 5.74) is 11.1. The number of hydrazine groups is 1. The van der Waals surface area contributed by atoms with Crippen LogP contribution < -0.4 is 16.2 Å². The first-order chi connectivity index (χ1) is 15.0. The van der Waals surface area contributed by atoms with Gasteiger partial charge < -0.3 is 5.32 Å². The fourth-order valence-corrected chi connectivity index (χ4v) is 3.41. The third kappa shape index (κ3) is 6.48. The number of nitrogens with zero attached hydrogens (tertiary/aromatic N) is 3. The zero-order valence-electron chi connectivity index (χ0n) is 19.1. The van der Waals surface area contributed by atoms with Gasteiger partial charge in [-0.2, -0.15) is 5.26 Å². The number of nitrogens with one attached hydrogen (secondary N) is 3. The normalized spacial score (nSPS) is 25.9. The minimum Gasteiger partial charge on any atom is -0.394 e. The van der Waals surface area contributed by atoms with Crippen molar-refractivity contribution in [1.29, 1.82) is 5.26 Å². The van der Waals surface area contributed by atoms with E-state index in [0.717, 1.165) is 35.4 Å². The van der Waals surface area contributed by atoms with Crippen LogP contribution in [-0.4, -0.2) is 32.6 Å². The maximum absolute atomic E-state index is 9.40. The first-order valence-corrected chi connectivity index (χ1v) is 10.7. The van der Waals surface area contributed by atoms with Crippen LogP contribution in [-0.2, 0) is 0 Å². The molecule has 0 amide bonds. The summed E-state index contributed by atoms with van der Waals surface area (Å²) in [5.74, 6) is 0. The molecule has 0 aliphatic carbocycles. The molecule has 0 aromatic heterocycles. The van der Waals surface area contributed by atoms with Crippen molar-refractivity contribution in [2.45, 2.75) is 46.1 Å². The van der Waals surface area contributed by atoms with E-state index >= 15 is 0 Å². The maximum Gasteiger partial charge on any atom is 0.113 e. The van der Waals surface area contributed by atoms with Gasteiger partial charge in [0.15, 0.2) is 0 Å². The maximum atomic E-state index is 9.40. The number of aliphatic imine (C=N–C) groups is 2. The van der Waals surface area contributed by atoms with E-state index in [2.05, 4.69) is 51.9 Å². The van der Waals surface area contributed by atoms with Crippen LogP contribution in [0.25, 0.3) is 0 Å². The number of nitriles is 1. The Labute approximate surface area is 186 Å². The molecule has 0 radical (unpaired) electrons. The van der Waals surface area contributed by atoms with Crippen LogP contribution in [0.3, 0.4) is 0 Å². The van der Waals surface area contributed by atoms with Gasteiger partial charge in [-0.25, -0.2) is 0 Å². The molecular weight excluding hydrogens is 384 g/mol. The Balaban J connectivity index is 2.34. The van der Waals surface area contributed by atoms with Crippen molar-refractivity contribution < 1.29 is 0 Å². The lowest BCUT2D eigenvalue weighted by Gasteiger charge is -2.12. The number of hydrogen-bond acceptors (Lipinski definition) is 6. The van der Waals surface area contributed by atoms with Gasteiger partial charge in [0.2, 0.25) is 0 Å². The van der Waals surface area contributed by atoms with E-state index in [1.54, 1.807) is 12.4 Å². The molecule has 31 heavy (non-hydrogen) atoms. The largest absolute Gasteiger partial charge is 0.394 e. The molecule has 3 N–H and O–H groups in total. The van der Waals surface area contributed by atoms with Gasteiger partial charge in [0.25, 0.3) is 0 Å². The Bertz CT molecular complexity index is 907. The Morgan fingerprint density at radius 2 is 2.29 bits per heavy atom. The van der Waals surface area contributed by atoms with E-state index in [4.69, 9.17) is 0 Å². The predicted molar refractivity (Wildman–Crippen MR) is 131 cm³/mol. The molecule has 0 bridgehead atoms. The summed E-state index contributed by atoms with van der Waals surface area (Å²) in [6.45, 7) is 10.5. The summed E-state index contributed by atoms with van der Waals surface area (Å²) in [4.78, 5) is 8.45. The second-order valence-electron chi connectivity index (χ2n) is 7.86. The Morgan fingerprint density at radius 3 is 2.94 bits per heavy atom.